The van der Waals surface area contributed by atoms with Gasteiger partial charge >= 0.3 is 0 Å². The Morgan fingerprint density at radius 2 is 2.00 bits per heavy atom. The fourth-order valence-corrected chi connectivity index (χ4v) is 8.80. The second-order valence-electron chi connectivity index (χ2n) is 13.6. The van der Waals surface area contributed by atoms with Gasteiger partial charge in [0.05, 0.1) is 5.56 Å². The number of pyridine rings is 1. The number of aromatic nitrogens is 1. The minimum absolute atomic E-state index is 0.179. The Morgan fingerprint density at radius 1 is 1.21 bits per heavy atom. The van der Waals surface area contributed by atoms with Crippen molar-refractivity contribution in [3.8, 4) is 6.07 Å². The molecular weight excluding hydrogens is 532 g/mol. The fraction of sp³-hybridized carbons (Fsp3) is 0.625. The molecule has 1 spiro atoms. The standard InChI is InChI=1S/C32H41BFN5O3/c1-29(2,40)39(32(33,41)42)27-15-22(8-13-31-11-4-14-38(31)19-21(34)16-31)37-26-17-30(12-9-23(26)27)10-3-5-20-6-7-25(36)24(18-35)28(20)30/h6-7,15,21,40-42H,3-5,8-14,16-17,19,36H2,1-2H3. The molecule has 2 aliphatic heterocycles. The van der Waals surface area contributed by atoms with Crippen LogP contribution in [0.5, 0.6) is 0 Å². The van der Waals surface area contributed by atoms with Crippen molar-refractivity contribution in [3.63, 3.8) is 0 Å². The van der Waals surface area contributed by atoms with Crippen LogP contribution in [0.3, 0.4) is 0 Å². The van der Waals surface area contributed by atoms with Crippen LogP contribution in [0.25, 0.3) is 0 Å². The van der Waals surface area contributed by atoms with Crippen molar-refractivity contribution >= 4 is 19.2 Å². The topological polar surface area (TPSA) is 130 Å². The molecule has 3 heterocycles. The minimum Gasteiger partial charge on any atom is -0.398 e. The quantitative estimate of drug-likeness (QED) is 0.236. The van der Waals surface area contributed by atoms with Crippen LogP contribution in [0.4, 0.5) is 15.8 Å². The van der Waals surface area contributed by atoms with Gasteiger partial charge in [-0.1, -0.05) is 6.07 Å². The zero-order valence-electron chi connectivity index (χ0n) is 24.7. The molecule has 2 saturated heterocycles. The number of halogens is 1. The molecule has 0 bridgehead atoms. The molecule has 222 valence electrons. The van der Waals surface area contributed by atoms with Crippen LogP contribution in [-0.4, -0.2) is 69.4 Å². The zero-order valence-corrected chi connectivity index (χ0v) is 24.7. The van der Waals surface area contributed by atoms with E-state index < -0.39 is 17.7 Å². The first kappa shape index (κ1) is 29.4. The number of alkyl halides is 1. The average molecular weight is 574 g/mol. The maximum atomic E-state index is 14.5. The van der Waals surface area contributed by atoms with Crippen molar-refractivity contribution in [2.24, 2.45) is 0 Å². The monoisotopic (exact) mass is 573 g/mol. The summed E-state index contributed by atoms with van der Waals surface area (Å²) in [4.78, 5) is 8.50. The second kappa shape index (κ2) is 10.2. The summed E-state index contributed by atoms with van der Waals surface area (Å²) in [6.07, 6.45) is 7.66. The first-order valence-electron chi connectivity index (χ1n) is 15.3. The van der Waals surface area contributed by atoms with E-state index in [-0.39, 0.29) is 11.0 Å². The SMILES string of the molecule is [B]C(O)(O)N(c1cc(CCC23CCCN2CC(F)C3)nc2c1CCC1(CCCc3ccc(N)c(C#N)c31)C2)C(C)(C)O. The highest BCUT2D eigenvalue weighted by atomic mass is 19.1. The molecule has 2 radical (unpaired) electrons. The van der Waals surface area contributed by atoms with Gasteiger partial charge in [-0.25, -0.2) is 4.39 Å². The van der Waals surface area contributed by atoms with E-state index in [0.717, 1.165) is 84.5 Å². The summed E-state index contributed by atoms with van der Waals surface area (Å²) in [6, 6.07) is 8.05. The summed E-state index contributed by atoms with van der Waals surface area (Å²) in [5.41, 5.74) is 10.1. The van der Waals surface area contributed by atoms with Crippen molar-refractivity contribution in [3.05, 3.63) is 51.8 Å². The molecule has 0 saturated carbocycles. The van der Waals surface area contributed by atoms with Crippen LogP contribution in [0.2, 0.25) is 0 Å². The molecule has 1 aromatic heterocycles. The third-order valence-corrected chi connectivity index (χ3v) is 10.4. The van der Waals surface area contributed by atoms with Crippen LogP contribution < -0.4 is 10.6 Å². The lowest BCUT2D eigenvalue weighted by Gasteiger charge is -2.47. The lowest BCUT2D eigenvalue weighted by atomic mass is 9.60. The van der Waals surface area contributed by atoms with Crippen LogP contribution >= 0.6 is 0 Å². The number of aryl methyl sites for hydroxylation is 2. The van der Waals surface area contributed by atoms with E-state index in [0.29, 0.717) is 49.2 Å². The smallest absolute Gasteiger partial charge is 0.191 e. The third kappa shape index (κ3) is 4.88. The maximum absolute atomic E-state index is 14.5. The van der Waals surface area contributed by atoms with Gasteiger partial charge in [0, 0.05) is 40.3 Å². The Kier molecular flexibility index (Phi) is 7.13. The molecule has 4 aliphatic rings. The number of rotatable bonds is 6. The van der Waals surface area contributed by atoms with Crippen molar-refractivity contribution in [1.29, 1.82) is 5.26 Å². The number of aliphatic hydroxyl groups is 3. The number of nitrogen functional groups attached to an aromatic ring is 1. The Labute approximate surface area is 248 Å². The lowest BCUT2D eigenvalue weighted by molar-refractivity contribution is -0.124. The van der Waals surface area contributed by atoms with Crippen LogP contribution in [-0.2, 0) is 31.1 Å². The Balaban J connectivity index is 1.45. The zero-order chi connectivity index (χ0) is 30.1. The highest BCUT2D eigenvalue weighted by Crippen LogP contribution is 2.50. The van der Waals surface area contributed by atoms with Crippen molar-refractivity contribution in [1.82, 2.24) is 9.88 Å². The van der Waals surface area contributed by atoms with Crippen LogP contribution in [0, 0.1) is 11.3 Å². The summed E-state index contributed by atoms with van der Waals surface area (Å²) < 4.78 is 14.5. The largest absolute Gasteiger partial charge is 0.398 e. The molecule has 0 amide bonds. The van der Waals surface area contributed by atoms with E-state index in [1.165, 1.54) is 13.8 Å². The predicted molar refractivity (Wildman–Crippen MR) is 160 cm³/mol. The van der Waals surface area contributed by atoms with Gasteiger partial charge in [-0.3, -0.25) is 9.88 Å². The fourth-order valence-electron chi connectivity index (χ4n) is 8.80. The molecule has 3 atom stereocenters. The van der Waals surface area contributed by atoms with E-state index in [4.69, 9.17) is 18.6 Å². The summed E-state index contributed by atoms with van der Waals surface area (Å²) in [6.45, 7) is 4.32. The highest BCUT2D eigenvalue weighted by Gasteiger charge is 2.49. The molecule has 42 heavy (non-hydrogen) atoms. The van der Waals surface area contributed by atoms with Crippen molar-refractivity contribution < 1.29 is 19.7 Å². The number of nitrogens with zero attached hydrogens (tertiary/aromatic N) is 4. The van der Waals surface area contributed by atoms with Crippen molar-refractivity contribution in [2.75, 3.05) is 23.7 Å². The average Bonchev–Trinajstić information content (AvgIpc) is 3.42. The number of fused-ring (bicyclic) bond motifs is 4. The van der Waals surface area contributed by atoms with Gasteiger partial charge in [0.2, 0.25) is 0 Å². The lowest BCUT2D eigenvalue weighted by Crippen LogP contribution is -2.60. The molecule has 2 aliphatic carbocycles. The molecule has 10 heteroatoms. The van der Waals surface area contributed by atoms with Gasteiger partial charge in [-0.05, 0) is 120 Å². The molecule has 6 rings (SSSR count). The second-order valence-corrected chi connectivity index (χ2v) is 13.6. The number of nitriles is 1. The number of anilines is 2. The van der Waals surface area contributed by atoms with Gasteiger partial charge in [0.1, 0.15) is 18.0 Å². The predicted octanol–water partition coefficient (Wildman–Crippen LogP) is 3.11. The van der Waals surface area contributed by atoms with E-state index in [1.807, 2.05) is 18.2 Å². The number of hydrogen-bond acceptors (Lipinski definition) is 8. The van der Waals surface area contributed by atoms with E-state index in [1.54, 1.807) is 0 Å². The Morgan fingerprint density at radius 3 is 2.71 bits per heavy atom. The van der Waals surface area contributed by atoms with Gasteiger partial charge in [0.25, 0.3) is 0 Å². The maximum Gasteiger partial charge on any atom is 0.191 e. The van der Waals surface area contributed by atoms with E-state index in [2.05, 4.69) is 11.0 Å². The van der Waals surface area contributed by atoms with Gasteiger partial charge < -0.3 is 26.0 Å². The Bertz CT molecular complexity index is 1420. The molecule has 5 N–H and O–H groups in total. The molecule has 2 fully saturated rings. The first-order chi connectivity index (χ1) is 19.8. The number of nitrogens with two attached hydrogens (primary N) is 1. The van der Waals surface area contributed by atoms with Crippen LogP contribution in [0.1, 0.15) is 92.4 Å². The van der Waals surface area contributed by atoms with Gasteiger partial charge in [-0.15, -0.1) is 0 Å². The third-order valence-electron chi connectivity index (χ3n) is 10.4. The highest BCUT2D eigenvalue weighted by molar-refractivity contribution is 6.14. The minimum atomic E-state index is -2.83. The van der Waals surface area contributed by atoms with Gasteiger partial charge in [0.15, 0.2) is 13.7 Å². The Hall–Kier alpha value is -2.71. The molecular formula is C32H41BFN5O3. The van der Waals surface area contributed by atoms with E-state index >= 15 is 0 Å². The summed E-state index contributed by atoms with van der Waals surface area (Å²) in [5.74, 6) is -2.83. The summed E-state index contributed by atoms with van der Waals surface area (Å²) >= 11 is 0. The van der Waals surface area contributed by atoms with Gasteiger partial charge in [-0.2, -0.15) is 5.26 Å². The van der Waals surface area contributed by atoms with E-state index in [9.17, 15) is 25.0 Å². The summed E-state index contributed by atoms with van der Waals surface area (Å²) in [7, 11) is 5.85. The molecule has 1 aromatic carbocycles. The molecule has 2 aromatic rings. The number of benzene rings is 1. The summed E-state index contributed by atoms with van der Waals surface area (Å²) in [5, 5.41) is 42.5. The van der Waals surface area contributed by atoms with Crippen LogP contribution in [0.15, 0.2) is 18.2 Å². The number of hydrogen-bond donors (Lipinski definition) is 4. The van der Waals surface area contributed by atoms with Crippen molar-refractivity contribution in [2.45, 2.75) is 113 Å². The molecule has 8 nitrogen and oxygen atoms in total. The molecule has 3 unspecified atom stereocenters. The first-order valence-corrected chi connectivity index (χ1v) is 15.3. The normalized spacial score (nSPS) is 27.4.